The first kappa shape index (κ1) is 11.1. The minimum atomic E-state index is -0.404. The Bertz CT molecular complexity index is 544. The summed E-state index contributed by atoms with van der Waals surface area (Å²) >= 11 is 0. The molecule has 0 aliphatic carbocycles. The van der Waals surface area contributed by atoms with Crippen molar-refractivity contribution in [1.82, 2.24) is 0 Å². The average molecular weight is 223 g/mol. The van der Waals surface area contributed by atoms with Crippen LogP contribution < -0.4 is 5.73 Å². The molecule has 2 aromatic carbocycles. The van der Waals surface area contributed by atoms with Crippen LogP contribution in [0.1, 0.15) is 21.5 Å². The van der Waals surface area contributed by atoms with Crippen molar-refractivity contribution >= 4 is 18.1 Å². The third-order valence-corrected chi connectivity index (χ3v) is 2.48. The van der Waals surface area contributed by atoms with E-state index in [1.54, 1.807) is 12.1 Å². The van der Waals surface area contributed by atoms with Gasteiger partial charge in [-0.05, 0) is 17.2 Å². The summed E-state index contributed by atoms with van der Waals surface area (Å²) in [6.07, 6.45) is 3.86. The fourth-order valence-corrected chi connectivity index (χ4v) is 1.62. The Balaban J connectivity index is 2.30. The van der Waals surface area contributed by atoms with Gasteiger partial charge in [-0.3, -0.25) is 4.79 Å². The number of rotatable bonds is 3. The summed E-state index contributed by atoms with van der Waals surface area (Å²) in [7, 11) is 0. The van der Waals surface area contributed by atoms with Crippen LogP contribution >= 0.6 is 0 Å². The Morgan fingerprint density at radius 1 is 0.882 bits per heavy atom. The van der Waals surface area contributed by atoms with E-state index in [9.17, 15) is 4.79 Å². The predicted molar refractivity (Wildman–Crippen MR) is 70.3 cm³/mol. The van der Waals surface area contributed by atoms with E-state index in [0.29, 0.717) is 5.56 Å². The van der Waals surface area contributed by atoms with E-state index in [2.05, 4.69) is 0 Å². The molecule has 0 aliphatic heterocycles. The van der Waals surface area contributed by atoms with Crippen molar-refractivity contribution in [1.29, 1.82) is 0 Å². The van der Waals surface area contributed by atoms with Gasteiger partial charge in [-0.1, -0.05) is 60.7 Å². The molecule has 2 N–H and O–H groups in total. The van der Waals surface area contributed by atoms with Crippen LogP contribution in [0.4, 0.5) is 0 Å². The summed E-state index contributed by atoms with van der Waals surface area (Å²) in [6, 6.07) is 17.2. The van der Waals surface area contributed by atoms with E-state index < -0.39 is 5.91 Å². The second kappa shape index (κ2) is 5.12. The van der Waals surface area contributed by atoms with Crippen LogP contribution in [0.15, 0.2) is 54.6 Å². The predicted octanol–water partition coefficient (Wildman–Crippen LogP) is 2.96. The third-order valence-electron chi connectivity index (χ3n) is 2.48. The molecule has 2 aromatic rings. The molecule has 0 saturated carbocycles. The van der Waals surface area contributed by atoms with Crippen LogP contribution in [0, 0.1) is 0 Å². The van der Waals surface area contributed by atoms with Gasteiger partial charge in [-0.2, -0.15) is 0 Å². The van der Waals surface area contributed by atoms with Crippen molar-refractivity contribution < 1.29 is 4.79 Å². The number of hydrogen-bond acceptors (Lipinski definition) is 1. The normalized spacial score (nSPS) is 10.6. The highest BCUT2D eigenvalue weighted by molar-refractivity contribution is 5.97. The number of hydrogen-bond donors (Lipinski definition) is 1. The van der Waals surface area contributed by atoms with Crippen molar-refractivity contribution in [3.63, 3.8) is 0 Å². The van der Waals surface area contributed by atoms with Gasteiger partial charge >= 0.3 is 0 Å². The van der Waals surface area contributed by atoms with Gasteiger partial charge in [-0.25, -0.2) is 0 Å². The van der Waals surface area contributed by atoms with Crippen molar-refractivity contribution in [3.05, 3.63) is 71.3 Å². The van der Waals surface area contributed by atoms with Crippen LogP contribution in [0.2, 0.25) is 0 Å². The minimum absolute atomic E-state index is 0.404. The van der Waals surface area contributed by atoms with Gasteiger partial charge in [0, 0.05) is 5.56 Å². The summed E-state index contributed by atoms with van der Waals surface area (Å²) in [5.41, 5.74) is 7.78. The molecule has 0 bridgehead atoms. The number of nitrogens with two attached hydrogens (primary N) is 1. The van der Waals surface area contributed by atoms with E-state index in [4.69, 9.17) is 5.73 Å². The van der Waals surface area contributed by atoms with E-state index in [1.165, 1.54) is 0 Å². The van der Waals surface area contributed by atoms with Gasteiger partial charge in [-0.15, -0.1) is 0 Å². The highest BCUT2D eigenvalue weighted by Crippen LogP contribution is 2.12. The minimum Gasteiger partial charge on any atom is -0.366 e. The Morgan fingerprint density at radius 2 is 1.53 bits per heavy atom. The Morgan fingerprint density at radius 3 is 2.24 bits per heavy atom. The van der Waals surface area contributed by atoms with Crippen LogP contribution in [-0.2, 0) is 0 Å². The van der Waals surface area contributed by atoms with Gasteiger partial charge in [0.2, 0.25) is 5.91 Å². The van der Waals surface area contributed by atoms with Gasteiger partial charge in [0.1, 0.15) is 0 Å². The highest BCUT2D eigenvalue weighted by atomic mass is 16.1. The van der Waals surface area contributed by atoms with E-state index >= 15 is 0 Å². The lowest BCUT2D eigenvalue weighted by Crippen LogP contribution is -2.12. The Labute approximate surface area is 100 Å². The number of amides is 1. The molecule has 0 spiro atoms. The van der Waals surface area contributed by atoms with Crippen LogP contribution in [-0.4, -0.2) is 5.91 Å². The van der Waals surface area contributed by atoms with E-state index in [0.717, 1.165) is 11.1 Å². The zero-order valence-electron chi connectivity index (χ0n) is 9.34. The molecule has 0 fully saturated rings. The zero-order valence-corrected chi connectivity index (χ0v) is 9.34. The molecule has 2 heteroatoms. The number of carbonyl (C=O) groups excluding carboxylic acids is 1. The summed E-state index contributed by atoms with van der Waals surface area (Å²) in [5, 5.41) is 0. The SMILES string of the molecule is NC(=O)c1ccccc1C=Cc1ccccc1. The second-order valence-electron chi connectivity index (χ2n) is 3.70. The maximum Gasteiger partial charge on any atom is 0.249 e. The van der Waals surface area contributed by atoms with Crippen LogP contribution in [0.3, 0.4) is 0 Å². The summed E-state index contributed by atoms with van der Waals surface area (Å²) < 4.78 is 0. The quantitative estimate of drug-likeness (QED) is 0.799. The maximum atomic E-state index is 11.2. The molecule has 0 heterocycles. The van der Waals surface area contributed by atoms with E-state index in [1.807, 2.05) is 54.6 Å². The monoisotopic (exact) mass is 223 g/mol. The van der Waals surface area contributed by atoms with Crippen molar-refractivity contribution in [2.24, 2.45) is 5.73 Å². The number of benzene rings is 2. The van der Waals surface area contributed by atoms with Gasteiger partial charge in [0.15, 0.2) is 0 Å². The van der Waals surface area contributed by atoms with Crippen molar-refractivity contribution in [2.45, 2.75) is 0 Å². The molecule has 2 nitrogen and oxygen atoms in total. The van der Waals surface area contributed by atoms with E-state index in [-0.39, 0.29) is 0 Å². The first-order valence-electron chi connectivity index (χ1n) is 5.39. The lowest BCUT2D eigenvalue weighted by Gasteiger charge is -2.00. The highest BCUT2D eigenvalue weighted by Gasteiger charge is 2.03. The van der Waals surface area contributed by atoms with Crippen LogP contribution in [0.25, 0.3) is 12.2 Å². The fourth-order valence-electron chi connectivity index (χ4n) is 1.62. The molecular weight excluding hydrogens is 210 g/mol. The molecule has 0 aromatic heterocycles. The summed E-state index contributed by atoms with van der Waals surface area (Å²) in [4.78, 5) is 11.2. The third kappa shape index (κ3) is 2.82. The fraction of sp³-hybridized carbons (Fsp3) is 0. The van der Waals surface area contributed by atoms with Gasteiger partial charge in [0.05, 0.1) is 0 Å². The molecule has 0 unspecified atom stereocenters. The molecule has 0 saturated heterocycles. The maximum absolute atomic E-state index is 11.2. The smallest absolute Gasteiger partial charge is 0.249 e. The molecule has 0 atom stereocenters. The Kier molecular flexibility index (Phi) is 3.36. The van der Waals surface area contributed by atoms with Gasteiger partial charge in [0.25, 0.3) is 0 Å². The average Bonchev–Trinajstić information content (AvgIpc) is 2.38. The number of carbonyl (C=O) groups is 1. The largest absolute Gasteiger partial charge is 0.366 e. The summed E-state index contributed by atoms with van der Waals surface area (Å²) in [5.74, 6) is -0.404. The molecule has 0 aliphatic rings. The van der Waals surface area contributed by atoms with Crippen molar-refractivity contribution in [2.75, 3.05) is 0 Å². The molecule has 2 rings (SSSR count). The van der Waals surface area contributed by atoms with Crippen molar-refractivity contribution in [3.8, 4) is 0 Å². The molecule has 0 radical (unpaired) electrons. The first-order valence-corrected chi connectivity index (χ1v) is 5.39. The standard InChI is InChI=1S/C15H13NO/c16-15(17)14-9-5-4-8-13(14)11-10-12-6-2-1-3-7-12/h1-11H,(H2,16,17). The lowest BCUT2D eigenvalue weighted by molar-refractivity contribution is 0.1000. The van der Waals surface area contributed by atoms with Crippen LogP contribution in [0.5, 0.6) is 0 Å². The Hall–Kier alpha value is -2.35. The molecular formula is C15H13NO. The zero-order chi connectivity index (χ0) is 12.1. The van der Waals surface area contributed by atoms with Gasteiger partial charge < -0.3 is 5.73 Å². The molecule has 1 amide bonds. The number of primary amides is 1. The topological polar surface area (TPSA) is 43.1 Å². The second-order valence-corrected chi connectivity index (χ2v) is 3.70. The molecule has 17 heavy (non-hydrogen) atoms. The first-order chi connectivity index (χ1) is 8.27. The summed E-state index contributed by atoms with van der Waals surface area (Å²) in [6.45, 7) is 0. The molecule has 84 valence electrons. The lowest BCUT2D eigenvalue weighted by atomic mass is 10.1.